The van der Waals surface area contributed by atoms with Crippen molar-refractivity contribution < 1.29 is 9.53 Å². The molecule has 0 N–H and O–H groups in total. The molecule has 0 bridgehead atoms. The lowest BCUT2D eigenvalue weighted by atomic mass is 10.3. The van der Waals surface area contributed by atoms with Crippen LogP contribution in [0.1, 0.15) is 12.8 Å². The van der Waals surface area contributed by atoms with E-state index in [9.17, 15) is 4.79 Å². The molecule has 1 aromatic heterocycles. The Hall–Kier alpha value is -1.51. The van der Waals surface area contributed by atoms with Gasteiger partial charge in [-0.15, -0.1) is 24.2 Å². The topological polar surface area (TPSA) is 45.7 Å². The average molecular weight is 501 g/mol. The summed E-state index contributed by atoms with van der Waals surface area (Å²) in [5.41, 5.74) is 0.873. The van der Waals surface area contributed by atoms with Crippen LogP contribution in [0.4, 0.5) is 5.13 Å². The fourth-order valence-corrected chi connectivity index (χ4v) is 5.06. The summed E-state index contributed by atoms with van der Waals surface area (Å²) in [5.74, 6) is 1.64. The molecular weight excluding hydrogens is 473 g/mol. The molecule has 0 aliphatic rings. The Morgan fingerprint density at radius 3 is 2.58 bits per heavy atom. The molecule has 3 aromatic rings. The highest BCUT2D eigenvalue weighted by Crippen LogP contribution is 2.31. The lowest BCUT2D eigenvalue weighted by molar-refractivity contribution is -0.118. The summed E-state index contributed by atoms with van der Waals surface area (Å²) in [6.45, 7) is 1.57. The minimum atomic E-state index is 0. The van der Waals surface area contributed by atoms with Crippen molar-refractivity contribution in [3.8, 4) is 5.75 Å². The van der Waals surface area contributed by atoms with Gasteiger partial charge in [0.1, 0.15) is 5.75 Å². The predicted octanol–water partition coefficient (Wildman–Crippen LogP) is 5.85. The van der Waals surface area contributed by atoms with Crippen molar-refractivity contribution in [1.82, 2.24) is 9.88 Å². The van der Waals surface area contributed by atoms with Gasteiger partial charge in [0.05, 0.1) is 17.3 Å². The van der Waals surface area contributed by atoms with E-state index >= 15 is 0 Å². The summed E-state index contributed by atoms with van der Waals surface area (Å²) in [6.07, 6.45) is 1.34. The number of fused-ring (bicyclic) bond motifs is 1. The molecule has 9 heteroatoms. The third-order valence-electron chi connectivity index (χ3n) is 4.50. The predicted molar refractivity (Wildman–Crippen MR) is 136 cm³/mol. The van der Waals surface area contributed by atoms with Gasteiger partial charge in [0.25, 0.3) is 0 Å². The van der Waals surface area contributed by atoms with Gasteiger partial charge < -0.3 is 9.64 Å². The molecule has 0 fully saturated rings. The minimum Gasteiger partial charge on any atom is -0.497 e. The number of nitrogens with zero attached hydrogens (tertiary/aromatic N) is 3. The molecule has 0 aliphatic heterocycles. The number of hydrogen-bond acceptors (Lipinski definition) is 6. The van der Waals surface area contributed by atoms with Crippen LogP contribution in [0.15, 0.2) is 47.4 Å². The minimum absolute atomic E-state index is 0. The lowest BCUT2D eigenvalue weighted by Crippen LogP contribution is -2.33. The van der Waals surface area contributed by atoms with Gasteiger partial charge >= 0.3 is 0 Å². The van der Waals surface area contributed by atoms with Crippen molar-refractivity contribution in [2.45, 2.75) is 17.7 Å². The maximum atomic E-state index is 13.1. The maximum absolute atomic E-state index is 13.1. The van der Waals surface area contributed by atoms with E-state index in [-0.39, 0.29) is 18.3 Å². The van der Waals surface area contributed by atoms with E-state index in [0.717, 1.165) is 39.0 Å². The Morgan fingerprint density at radius 1 is 1.16 bits per heavy atom. The highest BCUT2D eigenvalue weighted by Gasteiger charge is 2.19. The normalized spacial score (nSPS) is 10.9. The monoisotopic (exact) mass is 499 g/mol. The molecule has 0 atom stereocenters. The second-order valence-electron chi connectivity index (χ2n) is 7.08. The third-order valence-corrected chi connectivity index (χ3v) is 6.79. The van der Waals surface area contributed by atoms with Crippen molar-refractivity contribution in [3.05, 3.63) is 47.5 Å². The van der Waals surface area contributed by atoms with Gasteiger partial charge in [-0.25, -0.2) is 4.98 Å². The zero-order valence-electron chi connectivity index (χ0n) is 17.8. The standard InChI is InChI=1S/C22H26ClN3O2S2.ClH/c1-25(2)12-4-13-26(22-24-19-10-5-16(23)15-20(19)30-22)21(27)11-14-29-18-8-6-17(28-3)7-9-18;/h5-10,15H,4,11-14H2,1-3H3;1H. The summed E-state index contributed by atoms with van der Waals surface area (Å²) in [7, 11) is 5.73. The first-order valence-electron chi connectivity index (χ1n) is 9.74. The van der Waals surface area contributed by atoms with Crippen LogP contribution in [0.3, 0.4) is 0 Å². The molecule has 31 heavy (non-hydrogen) atoms. The van der Waals surface area contributed by atoms with Crippen molar-refractivity contribution >= 4 is 68.4 Å². The van der Waals surface area contributed by atoms with Crippen LogP contribution in [-0.4, -0.2) is 55.8 Å². The number of aromatic nitrogens is 1. The molecule has 1 heterocycles. The van der Waals surface area contributed by atoms with Crippen LogP contribution in [0.5, 0.6) is 5.75 Å². The molecule has 0 aliphatic carbocycles. The van der Waals surface area contributed by atoms with E-state index in [1.165, 1.54) is 11.3 Å². The van der Waals surface area contributed by atoms with Gasteiger partial charge in [-0.2, -0.15) is 0 Å². The SMILES string of the molecule is COc1ccc(SCCC(=O)N(CCCN(C)C)c2nc3ccc(Cl)cc3s2)cc1.Cl. The number of thioether (sulfide) groups is 1. The number of methoxy groups -OCH3 is 1. The molecule has 0 spiro atoms. The summed E-state index contributed by atoms with van der Waals surface area (Å²) in [5, 5.41) is 1.42. The zero-order valence-corrected chi connectivity index (χ0v) is 21.0. The molecule has 0 saturated heterocycles. The molecule has 3 rings (SSSR count). The number of ether oxygens (including phenoxy) is 1. The van der Waals surface area contributed by atoms with E-state index in [4.69, 9.17) is 16.3 Å². The van der Waals surface area contributed by atoms with Crippen LogP contribution in [-0.2, 0) is 4.79 Å². The Kier molecular flexibility index (Phi) is 10.4. The highest BCUT2D eigenvalue weighted by atomic mass is 35.5. The Morgan fingerprint density at radius 2 is 1.90 bits per heavy atom. The molecule has 1 amide bonds. The molecule has 0 saturated carbocycles. The van der Waals surface area contributed by atoms with Crippen LogP contribution in [0.25, 0.3) is 10.2 Å². The Balaban J connectivity index is 0.00000341. The van der Waals surface area contributed by atoms with Crippen molar-refractivity contribution in [3.63, 3.8) is 0 Å². The third kappa shape index (κ3) is 7.54. The fraction of sp³-hybridized carbons (Fsp3) is 0.364. The average Bonchev–Trinajstić information content (AvgIpc) is 3.14. The number of halogens is 2. The van der Waals surface area contributed by atoms with Gasteiger partial charge in [-0.05, 0) is 69.5 Å². The number of anilines is 1. The fourth-order valence-electron chi connectivity index (χ4n) is 2.94. The first-order chi connectivity index (χ1) is 14.5. The number of carbonyl (C=O) groups excluding carboxylic acids is 1. The van der Waals surface area contributed by atoms with Gasteiger partial charge in [0.2, 0.25) is 5.91 Å². The summed E-state index contributed by atoms with van der Waals surface area (Å²) >= 11 is 9.30. The maximum Gasteiger partial charge on any atom is 0.229 e. The number of rotatable bonds is 10. The van der Waals surface area contributed by atoms with Gasteiger partial charge in [-0.3, -0.25) is 9.69 Å². The first kappa shape index (κ1) is 25.7. The van der Waals surface area contributed by atoms with Crippen molar-refractivity contribution in [2.24, 2.45) is 0 Å². The van der Waals surface area contributed by atoms with Gasteiger partial charge in [0.15, 0.2) is 5.13 Å². The van der Waals surface area contributed by atoms with E-state index in [1.54, 1.807) is 18.9 Å². The lowest BCUT2D eigenvalue weighted by Gasteiger charge is -2.21. The Bertz CT molecular complexity index is 981. The van der Waals surface area contributed by atoms with Gasteiger partial charge in [-0.1, -0.05) is 22.9 Å². The second kappa shape index (κ2) is 12.5. The van der Waals surface area contributed by atoms with Crippen LogP contribution in [0, 0.1) is 0 Å². The largest absolute Gasteiger partial charge is 0.497 e. The van der Waals surface area contributed by atoms with Crippen molar-refractivity contribution in [1.29, 1.82) is 0 Å². The van der Waals surface area contributed by atoms with Crippen LogP contribution >= 0.6 is 47.1 Å². The second-order valence-corrected chi connectivity index (χ2v) is 9.70. The molecule has 5 nitrogen and oxygen atoms in total. The molecule has 2 aromatic carbocycles. The molecule has 0 unspecified atom stereocenters. The van der Waals surface area contributed by atoms with Gasteiger partial charge in [0, 0.05) is 28.6 Å². The number of amides is 1. The van der Waals surface area contributed by atoms with E-state index in [0.29, 0.717) is 23.7 Å². The highest BCUT2D eigenvalue weighted by molar-refractivity contribution is 7.99. The van der Waals surface area contributed by atoms with E-state index in [2.05, 4.69) is 9.88 Å². The van der Waals surface area contributed by atoms with Crippen LogP contribution in [0.2, 0.25) is 5.02 Å². The van der Waals surface area contributed by atoms with E-state index in [1.807, 2.05) is 61.5 Å². The number of hydrogen-bond donors (Lipinski definition) is 0. The molecule has 168 valence electrons. The summed E-state index contributed by atoms with van der Waals surface area (Å²) < 4.78 is 6.19. The van der Waals surface area contributed by atoms with E-state index < -0.39 is 0 Å². The smallest absolute Gasteiger partial charge is 0.229 e. The van der Waals surface area contributed by atoms with Crippen molar-refractivity contribution in [2.75, 3.05) is 44.9 Å². The van der Waals surface area contributed by atoms with Crippen LogP contribution < -0.4 is 9.64 Å². The Labute approximate surface area is 203 Å². The number of thiazole rings is 1. The molecule has 0 radical (unpaired) electrons. The number of benzene rings is 2. The zero-order chi connectivity index (χ0) is 21.5. The summed E-state index contributed by atoms with van der Waals surface area (Å²) in [6, 6.07) is 13.5. The first-order valence-corrected chi connectivity index (χ1v) is 11.9. The summed E-state index contributed by atoms with van der Waals surface area (Å²) in [4.78, 5) is 22.8. The molecular formula is C22H27Cl2N3O2S2. The quantitative estimate of drug-likeness (QED) is 0.327. The number of carbonyl (C=O) groups is 1.